The van der Waals surface area contributed by atoms with Crippen molar-refractivity contribution in [1.82, 2.24) is 9.97 Å². The standard InChI is InChI=1S/C9H5ClF2N2O3S/c10-4-1-5-7(13-3-14-8(5)15)6(2-4)18(16,17)9(11)12/h1-3,9H,(H,13,14,15). The summed E-state index contributed by atoms with van der Waals surface area (Å²) in [5.74, 6) is -4.13. The predicted octanol–water partition coefficient (Wildman–Crippen LogP) is 1.99. The molecule has 0 atom stereocenters. The number of fused-ring (bicyclic) bond motifs is 1. The van der Waals surface area contributed by atoms with Crippen molar-refractivity contribution in [3.05, 3.63) is 23.5 Å². The molecule has 0 amide bonds. The topological polar surface area (TPSA) is 80.2 Å². The Morgan fingerprint density at radius 2 is 1.94 bits per heavy atom. The zero-order chi connectivity index (χ0) is 13.5. The first-order chi connectivity index (χ1) is 8.34. The van der Waals surface area contributed by atoms with E-state index in [-0.39, 0.29) is 15.9 Å². The fourth-order valence-corrected chi connectivity index (χ4v) is 2.60. The Bertz CT molecular complexity index is 721. The van der Waals surface area contributed by atoms with Gasteiger partial charge in [0.15, 0.2) is 0 Å². The molecular formula is C9H5ClF2N2O3S. The Labute approximate surface area is 105 Å². The summed E-state index contributed by atoms with van der Waals surface area (Å²) in [7, 11) is -4.86. The highest BCUT2D eigenvalue weighted by Crippen LogP contribution is 2.32. The lowest BCUT2D eigenvalue weighted by Gasteiger charge is -2.07. The third-order valence-electron chi connectivity index (χ3n) is 2.19. The highest BCUT2D eigenvalue weighted by molar-refractivity contribution is 7.92. The number of alkyl halides is 2. The first kappa shape index (κ1) is 12.9. The zero-order valence-corrected chi connectivity index (χ0v) is 10.1. The maximum atomic E-state index is 12.5. The molecule has 1 N–H and O–H groups in total. The van der Waals surface area contributed by atoms with E-state index in [0.717, 1.165) is 12.4 Å². The van der Waals surface area contributed by atoms with Gasteiger partial charge in [-0.25, -0.2) is 18.4 Å². The van der Waals surface area contributed by atoms with Crippen molar-refractivity contribution in [2.75, 3.05) is 0 Å². The SMILES string of the molecule is O=S(=O)(c1cc(Cl)cc2c(O)ncnc12)C(F)F. The van der Waals surface area contributed by atoms with E-state index < -0.39 is 26.4 Å². The lowest BCUT2D eigenvalue weighted by molar-refractivity contribution is 0.235. The van der Waals surface area contributed by atoms with Crippen molar-refractivity contribution < 1.29 is 22.3 Å². The Hall–Kier alpha value is -1.54. The Morgan fingerprint density at radius 3 is 2.56 bits per heavy atom. The molecule has 0 fully saturated rings. The van der Waals surface area contributed by atoms with Crippen molar-refractivity contribution in [2.24, 2.45) is 0 Å². The summed E-state index contributed by atoms with van der Waals surface area (Å²) < 4.78 is 48.0. The van der Waals surface area contributed by atoms with E-state index in [2.05, 4.69) is 9.97 Å². The van der Waals surface area contributed by atoms with Crippen LogP contribution in [0.4, 0.5) is 8.78 Å². The molecule has 1 heterocycles. The highest BCUT2D eigenvalue weighted by atomic mass is 35.5. The number of sulfone groups is 1. The van der Waals surface area contributed by atoms with E-state index in [4.69, 9.17) is 11.6 Å². The van der Waals surface area contributed by atoms with Gasteiger partial charge in [0.1, 0.15) is 11.2 Å². The second kappa shape index (κ2) is 4.29. The van der Waals surface area contributed by atoms with Gasteiger partial charge in [-0.1, -0.05) is 11.6 Å². The second-order valence-corrected chi connectivity index (χ2v) is 5.63. The third-order valence-corrected chi connectivity index (χ3v) is 3.80. The van der Waals surface area contributed by atoms with Gasteiger partial charge in [-0.2, -0.15) is 8.78 Å². The van der Waals surface area contributed by atoms with Crippen molar-refractivity contribution >= 4 is 32.3 Å². The van der Waals surface area contributed by atoms with E-state index >= 15 is 0 Å². The minimum atomic E-state index is -4.86. The maximum absolute atomic E-state index is 12.5. The van der Waals surface area contributed by atoms with Gasteiger partial charge in [-0.05, 0) is 12.1 Å². The normalized spacial score (nSPS) is 12.2. The fraction of sp³-hybridized carbons (Fsp3) is 0.111. The molecule has 1 aromatic heterocycles. The molecule has 0 spiro atoms. The Morgan fingerprint density at radius 1 is 1.28 bits per heavy atom. The molecule has 96 valence electrons. The minimum absolute atomic E-state index is 0.107. The molecule has 0 saturated heterocycles. The number of nitrogens with zero attached hydrogens (tertiary/aromatic N) is 2. The van der Waals surface area contributed by atoms with Gasteiger partial charge >= 0.3 is 5.76 Å². The van der Waals surface area contributed by atoms with Gasteiger partial charge in [0.25, 0.3) is 0 Å². The lowest BCUT2D eigenvalue weighted by Crippen LogP contribution is -2.12. The fourth-order valence-electron chi connectivity index (χ4n) is 1.40. The minimum Gasteiger partial charge on any atom is -0.493 e. The molecule has 2 rings (SSSR count). The van der Waals surface area contributed by atoms with Gasteiger partial charge in [0, 0.05) is 5.02 Å². The largest absolute Gasteiger partial charge is 0.493 e. The quantitative estimate of drug-likeness (QED) is 0.916. The Kier molecular flexibility index (Phi) is 3.07. The average Bonchev–Trinajstić information content (AvgIpc) is 2.29. The first-order valence-corrected chi connectivity index (χ1v) is 6.41. The molecule has 0 saturated carbocycles. The molecule has 0 radical (unpaired) electrons. The number of benzene rings is 1. The summed E-state index contributed by atoms with van der Waals surface area (Å²) in [6, 6.07) is 2.05. The van der Waals surface area contributed by atoms with E-state index in [1.165, 1.54) is 6.07 Å². The van der Waals surface area contributed by atoms with Crippen molar-refractivity contribution in [1.29, 1.82) is 0 Å². The van der Waals surface area contributed by atoms with Crippen LogP contribution in [0.2, 0.25) is 5.02 Å². The summed E-state index contributed by atoms with van der Waals surface area (Å²) in [6.45, 7) is 0. The van der Waals surface area contributed by atoms with Crippen LogP contribution in [0, 0.1) is 0 Å². The molecule has 2 aromatic rings. The maximum Gasteiger partial charge on any atom is 0.341 e. The van der Waals surface area contributed by atoms with Gasteiger partial charge in [-0.15, -0.1) is 0 Å². The molecule has 9 heteroatoms. The van der Waals surface area contributed by atoms with Crippen LogP contribution in [0.1, 0.15) is 0 Å². The van der Waals surface area contributed by atoms with Crippen molar-refractivity contribution in [3.8, 4) is 5.88 Å². The Balaban J connectivity index is 2.92. The van der Waals surface area contributed by atoms with Gasteiger partial charge in [-0.3, -0.25) is 0 Å². The lowest BCUT2D eigenvalue weighted by atomic mass is 10.2. The average molecular weight is 295 g/mol. The van der Waals surface area contributed by atoms with Gasteiger partial charge in [0.05, 0.1) is 10.9 Å². The van der Waals surface area contributed by atoms with Crippen molar-refractivity contribution in [2.45, 2.75) is 10.7 Å². The second-order valence-electron chi connectivity index (χ2n) is 3.30. The smallest absolute Gasteiger partial charge is 0.341 e. The van der Waals surface area contributed by atoms with E-state index in [1.807, 2.05) is 0 Å². The number of aromatic hydroxyl groups is 1. The molecular weight excluding hydrogens is 290 g/mol. The summed E-state index contributed by atoms with van der Waals surface area (Å²) in [5, 5.41) is 9.21. The first-order valence-electron chi connectivity index (χ1n) is 4.49. The van der Waals surface area contributed by atoms with Crippen LogP contribution in [0.25, 0.3) is 10.9 Å². The number of hydrogen-bond donors (Lipinski definition) is 1. The third kappa shape index (κ3) is 1.97. The van der Waals surface area contributed by atoms with Gasteiger partial charge in [0.2, 0.25) is 15.7 Å². The van der Waals surface area contributed by atoms with E-state index in [9.17, 15) is 22.3 Å². The molecule has 5 nitrogen and oxygen atoms in total. The molecule has 0 aliphatic carbocycles. The molecule has 0 unspecified atom stereocenters. The van der Waals surface area contributed by atoms with E-state index in [1.54, 1.807) is 0 Å². The molecule has 0 aliphatic heterocycles. The van der Waals surface area contributed by atoms with Crippen LogP contribution in [0.3, 0.4) is 0 Å². The van der Waals surface area contributed by atoms with Crippen LogP contribution in [-0.2, 0) is 9.84 Å². The number of aromatic nitrogens is 2. The zero-order valence-electron chi connectivity index (χ0n) is 8.51. The van der Waals surface area contributed by atoms with Crippen LogP contribution in [-0.4, -0.2) is 29.2 Å². The molecule has 18 heavy (non-hydrogen) atoms. The monoisotopic (exact) mass is 294 g/mol. The summed E-state index contributed by atoms with van der Waals surface area (Å²) >= 11 is 5.63. The number of hydrogen-bond acceptors (Lipinski definition) is 5. The van der Waals surface area contributed by atoms with Crippen LogP contribution < -0.4 is 0 Å². The summed E-state index contributed by atoms with van der Waals surface area (Å²) in [6.07, 6.45) is 0.871. The molecule has 0 bridgehead atoms. The van der Waals surface area contributed by atoms with Crippen LogP contribution in [0.5, 0.6) is 5.88 Å². The summed E-state index contributed by atoms with van der Waals surface area (Å²) in [4.78, 5) is 6.27. The predicted molar refractivity (Wildman–Crippen MR) is 59.4 cm³/mol. The molecule has 0 aliphatic rings. The van der Waals surface area contributed by atoms with Gasteiger partial charge < -0.3 is 5.11 Å². The number of rotatable bonds is 2. The summed E-state index contributed by atoms with van der Waals surface area (Å²) in [5.41, 5.74) is -0.299. The number of halogens is 3. The van der Waals surface area contributed by atoms with Crippen molar-refractivity contribution in [3.63, 3.8) is 0 Å². The van der Waals surface area contributed by atoms with E-state index in [0.29, 0.717) is 0 Å². The highest BCUT2D eigenvalue weighted by Gasteiger charge is 2.30. The van der Waals surface area contributed by atoms with Crippen LogP contribution >= 0.6 is 11.6 Å². The molecule has 1 aromatic carbocycles. The van der Waals surface area contributed by atoms with Crippen LogP contribution in [0.15, 0.2) is 23.4 Å².